The van der Waals surface area contributed by atoms with Crippen LogP contribution in [0.1, 0.15) is 25.7 Å². The van der Waals surface area contributed by atoms with Crippen molar-refractivity contribution in [1.29, 1.82) is 0 Å². The summed E-state index contributed by atoms with van der Waals surface area (Å²) < 4.78 is 0. The van der Waals surface area contributed by atoms with Gasteiger partial charge in [0.05, 0.1) is 11.4 Å². The number of hydrogen-bond acceptors (Lipinski definition) is 3. The lowest BCUT2D eigenvalue weighted by atomic mass is 10.2. The van der Waals surface area contributed by atoms with Gasteiger partial charge in [-0.25, -0.2) is 4.79 Å². The van der Waals surface area contributed by atoms with Gasteiger partial charge in [0.25, 0.3) is 0 Å². The third kappa shape index (κ3) is 2.50. The minimum Gasteiger partial charge on any atom is -0.370 e. The molecule has 1 saturated heterocycles. The number of anilines is 1. The predicted molar refractivity (Wildman–Crippen MR) is 64.9 cm³/mol. The van der Waals surface area contributed by atoms with E-state index in [2.05, 4.69) is 9.89 Å². The molecule has 1 heterocycles. The second kappa shape index (κ2) is 5.47. The second-order valence-electron chi connectivity index (χ2n) is 4.09. The van der Waals surface area contributed by atoms with Gasteiger partial charge in [-0.1, -0.05) is 25.0 Å². The lowest BCUT2D eigenvalue weighted by molar-refractivity contribution is 0.565. The summed E-state index contributed by atoms with van der Waals surface area (Å²) in [5.74, 6) is 0. The monoisotopic (exact) mass is 216 g/mol. The zero-order valence-corrected chi connectivity index (χ0v) is 9.35. The van der Waals surface area contributed by atoms with Crippen LogP contribution in [0.15, 0.2) is 29.3 Å². The minimum atomic E-state index is 0.736. The fourth-order valence-corrected chi connectivity index (χ4v) is 2.19. The molecule has 0 atom stereocenters. The summed E-state index contributed by atoms with van der Waals surface area (Å²) in [6.45, 7) is 2.12. The van der Waals surface area contributed by atoms with Gasteiger partial charge in [-0.05, 0) is 25.0 Å². The highest BCUT2D eigenvalue weighted by Crippen LogP contribution is 2.29. The zero-order chi connectivity index (χ0) is 11.2. The van der Waals surface area contributed by atoms with Crippen molar-refractivity contribution in [1.82, 2.24) is 0 Å². The summed E-state index contributed by atoms with van der Waals surface area (Å²) in [5.41, 5.74) is 1.80. The van der Waals surface area contributed by atoms with Crippen LogP contribution in [0.3, 0.4) is 0 Å². The minimum absolute atomic E-state index is 0.736. The maximum atomic E-state index is 10.4. The molecule has 0 bridgehead atoms. The van der Waals surface area contributed by atoms with E-state index in [1.165, 1.54) is 25.7 Å². The number of benzene rings is 1. The molecule has 16 heavy (non-hydrogen) atoms. The van der Waals surface area contributed by atoms with E-state index < -0.39 is 0 Å². The molecule has 0 spiro atoms. The SMILES string of the molecule is O=C=Nc1ccccc1N1CCCCCC1. The van der Waals surface area contributed by atoms with Crippen molar-refractivity contribution in [2.75, 3.05) is 18.0 Å². The van der Waals surface area contributed by atoms with E-state index in [-0.39, 0.29) is 0 Å². The topological polar surface area (TPSA) is 32.7 Å². The van der Waals surface area contributed by atoms with Crippen LogP contribution in [0, 0.1) is 0 Å². The van der Waals surface area contributed by atoms with Crippen molar-refractivity contribution >= 4 is 17.5 Å². The van der Waals surface area contributed by atoms with Crippen LogP contribution < -0.4 is 4.90 Å². The van der Waals surface area contributed by atoms with Crippen molar-refractivity contribution in [3.63, 3.8) is 0 Å². The van der Waals surface area contributed by atoms with Crippen LogP contribution in [-0.4, -0.2) is 19.2 Å². The number of para-hydroxylation sites is 2. The van der Waals surface area contributed by atoms with Gasteiger partial charge in [-0.3, -0.25) is 0 Å². The van der Waals surface area contributed by atoms with Crippen molar-refractivity contribution in [3.8, 4) is 0 Å². The molecule has 84 valence electrons. The fourth-order valence-electron chi connectivity index (χ4n) is 2.19. The number of carbonyl (C=O) groups excluding carboxylic acids is 1. The molecule has 1 fully saturated rings. The Morgan fingerprint density at radius 2 is 1.75 bits per heavy atom. The molecular weight excluding hydrogens is 200 g/mol. The fraction of sp³-hybridized carbons (Fsp3) is 0.462. The van der Waals surface area contributed by atoms with E-state index in [4.69, 9.17) is 0 Å². The lowest BCUT2D eigenvalue weighted by Crippen LogP contribution is -2.23. The first-order valence-electron chi connectivity index (χ1n) is 5.83. The quantitative estimate of drug-likeness (QED) is 0.562. The Labute approximate surface area is 95.8 Å². The molecule has 0 unspecified atom stereocenters. The zero-order valence-electron chi connectivity index (χ0n) is 9.35. The van der Waals surface area contributed by atoms with E-state index in [9.17, 15) is 4.79 Å². The Balaban J connectivity index is 2.26. The van der Waals surface area contributed by atoms with Gasteiger partial charge in [-0.2, -0.15) is 4.99 Å². The summed E-state index contributed by atoms with van der Waals surface area (Å²) in [4.78, 5) is 16.5. The van der Waals surface area contributed by atoms with Crippen LogP contribution in [0.5, 0.6) is 0 Å². The second-order valence-corrected chi connectivity index (χ2v) is 4.09. The smallest absolute Gasteiger partial charge is 0.240 e. The van der Waals surface area contributed by atoms with Gasteiger partial charge in [-0.15, -0.1) is 0 Å². The highest BCUT2D eigenvalue weighted by atomic mass is 16.1. The molecule has 0 saturated carbocycles. The molecule has 1 aromatic carbocycles. The summed E-state index contributed by atoms with van der Waals surface area (Å²) in [5, 5.41) is 0. The molecule has 0 radical (unpaired) electrons. The first-order chi connectivity index (χ1) is 7.92. The summed E-state index contributed by atoms with van der Waals surface area (Å²) in [6, 6.07) is 7.79. The molecule has 1 aromatic rings. The third-order valence-corrected chi connectivity index (χ3v) is 2.99. The maximum Gasteiger partial charge on any atom is 0.240 e. The third-order valence-electron chi connectivity index (χ3n) is 2.99. The van der Waals surface area contributed by atoms with Gasteiger partial charge in [0.2, 0.25) is 6.08 Å². The molecule has 0 aromatic heterocycles. The molecule has 1 aliphatic rings. The van der Waals surface area contributed by atoms with E-state index in [1.807, 2.05) is 24.3 Å². The van der Waals surface area contributed by atoms with Crippen molar-refractivity contribution < 1.29 is 4.79 Å². The predicted octanol–water partition coefficient (Wildman–Crippen LogP) is 3.03. The van der Waals surface area contributed by atoms with E-state index in [0.29, 0.717) is 0 Å². The number of rotatable bonds is 2. The lowest BCUT2D eigenvalue weighted by Gasteiger charge is -2.23. The van der Waals surface area contributed by atoms with E-state index >= 15 is 0 Å². The van der Waals surface area contributed by atoms with Crippen LogP contribution in [0.4, 0.5) is 11.4 Å². The first kappa shape index (κ1) is 10.9. The van der Waals surface area contributed by atoms with Gasteiger partial charge >= 0.3 is 0 Å². The summed E-state index contributed by atoms with van der Waals surface area (Å²) >= 11 is 0. The number of isocyanates is 1. The maximum absolute atomic E-state index is 10.4. The number of nitrogens with zero attached hydrogens (tertiary/aromatic N) is 2. The number of hydrogen-bond donors (Lipinski definition) is 0. The molecule has 0 amide bonds. The van der Waals surface area contributed by atoms with Gasteiger partial charge in [0.1, 0.15) is 0 Å². The van der Waals surface area contributed by atoms with Crippen LogP contribution >= 0.6 is 0 Å². The molecular formula is C13H16N2O. The van der Waals surface area contributed by atoms with Gasteiger partial charge < -0.3 is 4.90 Å². The molecule has 0 aliphatic carbocycles. The van der Waals surface area contributed by atoms with E-state index in [0.717, 1.165) is 24.5 Å². The molecule has 3 heteroatoms. The standard InChI is InChI=1S/C13H16N2O/c16-11-14-12-7-3-4-8-13(12)15-9-5-1-2-6-10-15/h3-4,7-8H,1-2,5-6,9-10H2. The first-order valence-corrected chi connectivity index (χ1v) is 5.83. The Morgan fingerprint density at radius 1 is 1.06 bits per heavy atom. The Morgan fingerprint density at radius 3 is 2.44 bits per heavy atom. The van der Waals surface area contributed by atoms with Crippen molar-refractivity contribution in [2.24, 2.45) is 4.99 Å². The average molecular weight is 216 g/mol. The van der Waals surface area contributed by atoms with Crippen LogP contribution in [-0.2, 0) is 4.79 Å². The largest absolute Gasteiger partial charge is 0.370 e. The highest BCUT2D eigenvalue weighted by molar-refractivity contribution is 5.69. The highest BCUT2D eigenvalue weighted by Gasteiger charge is 2.12. The van der Waals surface area contributed by atoms with E-state index in [1.54, 1.807) is 6.08 Å². The molecule has 1 aliphatic heterocycles. The molecule has 0 N–H and O–H groups in total. The van der Waals surface area contributed by atoms with Crippen LogP contribution in [0.2, 0.25) is 0 Å². The van der Waals surface area contributed by atoms with Crippen molar-refractivity contribution in [3.05, 3.63) is 24.3 Å². The Kier molecular flexibility index (Phi) is 3.73. The Bertz CT molecular complexity index is 389. The van der Waals surface area contributed by atoms with Crippen molar-refractivity contribution in [2.45, 2.75) is 25.7 Å². The molecule has 2 rings (SSSR count). The summed E-state index contributed by atoms with van der Waals surface area (Å²) in [7, 11) is 0. The van der Waals surface area contributed by atoms with Gasteiger partial charge in [0.15, 0.2) is 0 Å². The number of aliphatic imine (C=N–C) groups is 1. The Hall–Kier alpha value is -1.60. The van der Waals surface area contributed by atoms with Gasteiger partial charge in [0, 0.05) is 13.1 Å². The average Bonchev–Trinajstić information content (AvgIpc) is 2.59. The molecule has 3 nitrogen and oxygen atoms in total. The summed E-state index contributed by atoms with van der Waals surface area (Å²) in [6.07, 6.45) is 6.67. The normalized spacial score (nSPS) is 16.4. The van der Waals surface area contributed by atoms with Crippen LogP contribution in [0.25, 0.3) is 0 Å².